The maximum atomic E-state index is 13.3. The Balaban J connectivity index is 0.000000155. The summed E-state index contributed by atoms with van der Waals surface area (Å²) in [6, 6.07) is 24.7. The van der Waals surface area contributed by atoms with E-state index in [4.69, 9.17) is 0 Å². The van der Waals surface area contributed by atoms with E-state index in [1.807, 2.05) is 6.07 Å². The van der Waals surface area contributed by atoms with E-state index >= 15 is 0 Å². The van der Waals surface area contributed by atoms with Crippen LogP contribution in [0.1, 0.15) is 15.9 Å². The number of carbonyl (C=O) groups excluding carboxylic acids is 1. The number of fused-ring (bicyclic) bond motifs is 2. The lowest BCUT2D eigenvalue weighted by atomic mass is 10.1. The molecular weight excluding hydrogens is 484 g/mol. The van der Waals surface area contributed by atoms with Gasteiger partial charge in [-0.25, -0.2) is 18.7 Å². The molecule has 38 heavy (non-hydrogen) atoms. The summed E-state index contributed by atoms with van der Waals surface area (Å²) in [5.74, 6) is -0.711. The minimum Gasteiger partial charge on any atom is -0.298 e. The molecule has 0 saturated heterocycles. The van der Waals surface area contributed by atoms with Gasteiger partial charge in [0, 0.05) is 29.1 Å². The number of halogens is 2. The number of nitriles is 1. The van der Waals surface area contributed by atoms with Crippen LogP contribution in [0.3, 0.4) is 0 Å². The first kappa shape index (κ1) is 24.3. The van der Waals surface area contributed by atoms with Crippen molar-refractivity contribution in [1.82, 2.24) is 19.9 Å². The molecule has 0 saturated carbocycles. The quantitative estimate of drug-likeness (QED) is 0.255. The van der Waals surface area contributed by atoms with Gasteiger partial charge in [-0.2, -0.15) is 5.26 Å². The second kappa shape index (κ2) is 10.7. The van der Waals surface area contributed by atoms with E-state index in [-0.39, 0.29) is 11.6 Å². The fourth-order valence-corrected chi connectivity index (χ4v) is 3.91. The largest absolute Gasteiger partial charge is 0.298 e. The van der Waals surface area contributed by atoms with Crippen molar-refractivity contribution in [3.05, 3.63) is 120 Å². The molecule has 8 heteroatoms. The number of hydrogen-bond acceptors (Lipinski definition) is 6. The highest BCUT2D eigenvalue weighted by atomic mass is 19.1. The Hall–Kier alpha value is -5.42. The third-order valence-corrected chi connectivity index (χ3v) is 5.64. The summed E-state index contributed by atoms with van der Waals surface area (Å²) >= 11 is 0. The summed E-state index contributed by atoms with van der Waals surface area (Å²) in [5, 5.41) is 9.20. The van der Waals surface area contributed by atoms with Gasteiger partial charge >= 0.3 is 0 Å². The van der Waals surface area contributed by atoms with E-state index in [1.165, 1.54) is 24.3 Å². The second-order valence-electron chi connectivity index (χ2n) is 8.14. The Bertz CT molecular complexity index is 1850. The first-order valence-corrected chi connectivity index (χ1v) is 11.4. The Kier molecular flexibility index (Phi) is 6.83. The van der Waals surface area contributed by atoms with E-state index in [0.717, 1.165) is 0 Å². The third-order valence-electron chi connectivity index (χ3n) is 5.64. The molecule has 6 rings (SSSR count). The summed E-state index contributed by atoms with van der Waals surface area (Å²) in [4.78, 5) is 28.3. The Labute approximate surface area is 215 Å². The van der Waals surface area contributed by atoms with Gasteiger partial charge in [-0.3, -0.25) is 14.8 Å². The van der Waals surface area contributed by atoms with Crippen LogP contribution in [0, 0.1) is 23.0 Å². The van der Waals surface area contributed by atoms with Gasteiger partial charge in [0.15, 0.2) is 6.29 Å². The van der Waals surface area contributed by atoms with Crippen LogP contribution in [0.2, 0.25) is 0 Å². The lowest BCUT2D eigenvalue weighted by Crippen LogP contribution is -1.94. The number of pyridine rings is 4. The van der Waals surface area contributed by atoms with E-state index < -0.39 is 0 Å². The van der Waals surface area contributed by atoms with E-state index in [9.17, 15) is 18.8 Å². The Morgan fingerprint density at radius 1 is 0.658 bits per heavy atom. The van der Waals surface area contributed by atoms with Crippen LogP contribution in [0.4, 0.5) is 8.78 Å². The van der Waals surface area contributed by atoms with E-state index in [0.29, 0.717) is 62.0 Å². The molecule has 2 aromatic carbocycles. The minimum atomic E-state index is -0.359. The molecule has 0 aliphatic carbocycles. The molecule has 0 amide bonds. The molecule has 0 N–H and O–H groups in total. The van der Waals surface area contributed by atoms with Crippen molar-refractivity contribution in [1.29, 1.82) is 5.26 Å². The first-order chi connectivity index (χ1) is 18.6. The molecule has 0 fully saturated rings. The fraction of sp³-hybridized carbons (Fsp3) is 0. The van der Waals surface area contributed by atoms with Crippen molar-refractivity contribution >= 4 is 28.4 Å². The number of nitrogens with zero attached hydrogens (tertiary/aromatic N) is 5. The molecule has 0 aliphatic rings. The molecule has 6 aromatic rings. The van der Waals surface area contributed by atoms with Crippen molar-refractivity contribution in [2.75, 3.05) is 0 Å². The number of benzene rings is 2. The van der Waals surface area contributed by atoms with Gasteiger partial charge in [0.2, 0.25) is 0 Å². The number of aromatic nitrogens is 4. The van der Waals surface area contributed by atoms with Crippen LogP contribution >= 0.6 is 0 Å². The zero-order chi connectivity index (χ0) is 26.5. The van der Waals surface area contributed by atoms with Crippen molar-refractivity contribution < 1.29 is 13.6 Å². The van der Waals surface area contributed by atoms with Gasteiger partial charge in [0.25, 0.3) is 0 Å². The minimum absolute atomic E-state index is 0.352. The monoisotopic (exact) mass is 501 g/mol. The lowest BCUT2D eigenvalue weighted by molar-refractivity contribution is 0.112. The smallest absolute Gasteiger partial charge is 0.152 e. The van der Waals surface area contributed by atoms with Crippen LogP contribution < -0.4 is 0 Å². The van der Waals surface area contributed by atoms with Gasteiger partial charge in [-0.15, -0.1) is 0 Å². The summed E-state index contributed by atoms with van der Waals surface area (Å²) in [6.45, 7) is 0. The number of carbonyl (C=O) groups is 1. The van der Waals surface area contributed by atoms with Crippen molar-refractivity contribution in [3.63, 3.8) is 0 Å². The van der Waals surface area contributed by atoms with Crippen LogP contribution in [0.5, 0.6) is 0 Å². The first-order valence-electron chi connectivity index (χ1n) is 11.4. The van der Waals surface area contributed by atoms with Gasteiger partial charge in [-0.05, 0) is 60.7 Å². The van der Waals surface area contributed by atoms with Crippen LogP contribution in [0.15, 0.2) is 97.3 Å². The highest BCUT2D eigenvalue weighted by Gasteiger charge is 2.11. The van der Waals surface area contributed by atoms with Gasteiger partial charge < -0.3 is 0 Å². The summed E-state index contributed by atoms with van der Waals surface area (Å²) in [6.07, 6.45) is 3.99. The molecule has 0 unspecified atom stereocenters. The molecule has 182 valence electrons. The Morgan fingerprint density at radius 2 is 1.21 bits per heavy atom. The Morgan fingerprint density at radius 3 is 1.76 bits per heavy atom. The SMILES string of the molecule is N#Cc1cc2ncccc2nc1-c1cccc(F)c1.O=Cc1cc2ncccc2nc1-c1cccc(F)c1. The summed E-state index contributed by atoms with van der Waals surface area (Å²) < 4.78 is 26.6. The zero-order valence-corrected chi connectivity index (χ0v) is 19.7. The number of aldehydes is 1. The predicted molar refractivity (Wildman–Crippen MR) is 140 cm³/mol. The maximum Gasteiger partial charge on any atom is 0.152 e. The predicted octanol–water partition coefficient (Wildman–Crippen LogP) is 6.56. The fourth-order valence-electron chi connectivity index (χ4n) is 3.91. The second-order valence-corrected chi connectivity index (χ2v) is 8.14. The molecule has 0 bridgehead atoms. The van der Waals surface area contributed by atoms with Gasteiger partial charge in [-0.1, -0.05) is 24.3 Å². The number of rotatable bonds is 3. The van der Waals surface area contributed by atoms with Gasteiger partial charge in [0.1, 0.15) is 17.7 Å². The lowest BCUT2D eigenvalue weighted by Gasteiger charge is -2.06. The molecular formula is C30H17F2N5O. The summed E-state index contributed by atoms with van der Waals surface area (Å²) in [7, 11) is 0. The van der Waals surface area contributed by atoms with Crippen molar-refractivity contribution in [2.24, 2.45) is 0 Å². The van der Waals surface area contributed by atoms with E-state index in [2.05, 4.69) is 26.0 Å². The molecule has 4 heterocycles. The molecule has 0 aliphatic heterocycles. The zero-order valence-electron chi connectivity index (χ0n) is 19.7. The molecule has 0 radical (unpaired) electrons. The molecule has 0 atom stereocenters. The summed E-state index contributed by atoms with van der Waals surface area (Å²) in [5.41, 5.74) is 5.54. The third kappa shape index (κ3) is 5.08. The average molecular weight is 501 g/mol. The normalized spacial score (nSPS) is 10.4. The molecule has 0 spiro atoms. The molecule has 4 aromatic heterocycles. The highest BCUT2D eigenvalue weighted by Crippen LogP contribution is 2.26. The average Bonchev–Trinajstić information content (AvgIpc) is 2.96. The molecule has 6 nitrogen and oxygen atoms in total. The van der Waals surface area contributed by atoms with Crippen LogP contribution in [-0.2, 0) is 0 Å². The van der Waals surface area contributed by atoms with Crippen LogP contribution in [0.25, 0.3) is 44.6 Å². The maximum absolute atomic E-state index is 13.3. The standard InChI is InChI=1S/C15H8FN3.C15H9FN2O/c16-12-4-1-3-10(7-12)15-11(9-17)8-14-13(19-15)5-2-6-18-14;16-12-4-1-3-10(7-12)15-11(9-19)8-14-13(18-15)5-2-6-17-14/h1-8H;1-9H. The van der Waals surface area contributed by atoms with Crippen LogP contribution in [-0.4, -0.2) is 26.2 Å². The van der Waals surface area contributed by atoms with Crippen molar-refractivity contribution in [3.8, 4) is 28.6 Å². The highest BCUT2D eigenvalue weighted by molar-refractivity contribution is 5.92. The number of hydrogen-bond donors (Lipinski definition) is 0. The van der Waals surface area contributed by atoms with Crippen molar-refractivity contribution in [2.45, 2.75) is 0 Å². The van der Waals surface area contributed by atoms with E-state index in [1.54, 1.807) is 67.0 Å². The van der Waals surface area contributed by atoms with Gasteiger partial charge in [0.05, 0.1) is 39.0 Å². The topological polar surface area (TPSA) is 92.4 Å².